The van der Waals surface area contributed by atoms with E-state index >= 15 is 0 Å². The van der Waals surface area contributed by atoms with Gasteiger partial charge in [-0.05, 0) is 78.1 Å². The summed E-state index contributed by atoms with van der Waals surface area (Å²) in [6.07, 6.45) is -10.5. The maximum atomic E-state index is 14.6. The number of likely N-dealkylation sites (N-methyl/N-ethyl adjacent to an activating group) is 1. The molecule has 3 aromatic carbocycles. The van der Waals surface area contributed by atoms with Crippen LogP contribution >= 0.6 is 11.8 Å². The second-order valence-corrected chi connectivity index (χ2v) is 11.6. The smallest absolute Gasteiger partial charge is 0.336 e. The predicted molar refractivity (Wildman–Crippen MR) is 181 cm³/mol. The van der Waals surface area contributed by atoms with Crippen molar-refractivity contribution in [3.8, 4) is 11.1 Å². The number of rotatable bonds is 13. The molecule has 1 atom stereocenters. The van der Waals surface area contributed by atoms with Crippen molar-refractivity contribution in [2.45, 2.75) is 63.7 Å². The molecule has 11 heteroatoms. The lowest BCUT2D eigenvalue weighted by atomic mass is 10.0. The van der Waals surface area contributed by atoms with Gasteiger partial charge in [0, 0.05) is 49.0 Å². The Hall–Kier alpha value is -3.96. The van der Waals surface area contributed by atoms with Gasteiger partial charge in [-0.15, -0.1) is 0 Å². The van der Waals surface area contributed by atoms with Crippen LogP contribution in [0.4, 0.5) is 17.6 Å². The molecule has 1 aliphatic carbocycles. The average molecular weight is 694 g/mol. The maximum absolute atomic E-state index is 14.6. The second kappa shape index (κ2) is 15.5. The molecule has 1 aromatic heterocycles. The summed E-state index contributed by atoms with van der Waals surface area (Å²) in [6.45, 7) is -3.22. The molecule has 0 N–H and O–H groups in total. The third-order valence-corrected chi connectivity index (χ3v) is 8.41. The predicted octanol–water partition coefficient (Wildman–Crippen LogP) is 7.47. The summed E-state index contributed by atoms with van der Waals surface area (Å²) in [5.74, 6) is -5.46. The molecule has 48 heavy (non-hydrogen) atoms. The highest BCUT2D eigenvalue weighted by molar-refractivity contribution is 7.98. The van der Waals surface area contributed by atoms with E-state index in [-0.39, 0.29) is 18.7 Å². The van der Waals surface area contributed by atoms with Gasteiger partial charge < -0.3 is 14.4 Å². The van der Waals surface area contributed by atoms with Crippen molar-refractivity contribution < 1.29 is 40.2 Å². The van der Waals surface area contributed by atoms with Crippen LogP contribution in [-0.4, -0.2) is 51.3 Å². The van der Waals surface area contributed by atoms with E-state index in [0.29, 0.717) is 28.5 Å². The van der Waals surface area contributed by atoms with Gasteiger partial charge in [-0.3, -0.25) is 9.59 Å². The van der Waals surface area contributed by atoms with E-state index in [1.54, 1.807) is 24.3 Å². The number of carbonyl (C=O) groups is 1. The normalized spacial score (nSPS) is 22.5. The zero-order valence-electron chi connectivity index (χ0n) is 39.2. The summed E-state index contributed by atoms with van der Waals surface area (Å²) in [5, 5.41) is -0.451. The fraction of sp³-hybridized carbons (Fsp3) is 0.378. The summed E-state index contributed by atoms with van der Waals surface area (Å²) < 4.78 is 164. The Morgan fingerprint density at radius 2 is 1.65 bits per heavy atom. The first kappa shape index (κ1) is 21.9. The molecule has 0 spiro atoms. The SMILES string of the molecule is [2H]c1c([2H])c(CSc2nc(=O)c3c(n2CC(=O)N(CCN(C([2H])([2H])C)C([2H])([2H])C)Cc2ccc(-c4ccc(C(F)(F)F)cc4)cc2)C([2H])([2H])C([2H])(C)C3([2H])[2H])c([2H])c([2H])c1F. The van der Waals surface area contributed by atoms with E-state index < -0.39 is 120 Å². The number of aromatic nitrogens is 2. The van der Waals surface area contributed by atoms with Gasteiger partial charge >= 0.3 is 6.18 Å². The lowest BCUT2D eigenvalue weighted by Crippen LogP contribution is -2.40. The van der Waals surface area contributed by atoms with Crippen molar-refractivity contribution in [1.82, 2.24) is 19.4 Å². The van der Waals surface area contributed by atoms with E-state index in [4.69, 9.17) is 17.8 Å². The van der Waals surface area contributed by atoms with Crippen LogP contribution in [0.5, 0.6) is 0 Å². The van der Waals surface area contributed by atoms with Crippen molar-refractivity contribution in [2.75, 3.05) is 26.1 Å². The molecule has 1 heterocycles. The Morgan fingerprint density at radius 1 is 1.02 bits per heavy atom. The van der Waals surface area contributed by atoms with Gasteiger partial charge in [0.2, 0.25) is 5.91 Å². The van der Waals surface area contributed by atoms with E-state index in [1.165, 1.54) is 12.1 Å². The summed E-state index contributed by atoms with van der Waals surface area (Å²) >= 11 is 0.549. The van der Waals surface area contributed by atoms with Crippen LogP contribution in [0.25, 0.3) is 11.1 Å². The molecule has 5 rings (SSSR count). The molecule has 0 bridgehead atoms. The Balaban J connectivity index is 1.60. The van der Waals surface area contributed by atoms with Crippen molar-refractivity contribution in [1.29, 1.82) is 0 Å². The fourth-order valence-corrected chi connectivity index (χ4v) is 5.80. The lowest BCUT2D eigenvalue weighted by molar-refractivity contribution is -0.137. The summed E-state index contributed by atoms with van der Waals surface area (Å²) in [4.78, 5) is 34.1. The highest BCUT2D eigenvalue weighted by atomic mass is 32.2. The summed E-state index contributed by atoms with van der Waals surface area (Å²) in [5.41, 5.74) is -2.58. The molecule has 0 aliphatic heterocycles. The molecule has 1 amide bonds. The number of carbonyl (C=O) groups excluding carboxylic acids is 1. The van der Waals surface area contributed by atoms with E-state index in [9.17, 15) is 27.2 Å². The first-order valence-corrected chi connectivity index (χ1v) is 15.7. The molecule has 0 radical (unpaired) electrons. The van der Waals surface area contributed by atoms with Gasteiger partial charge in [-0.2, -0.15) is 18.2 Å². The molecule has 6 nitrogen and oxygen atoms in total. The molecule has 0 fully saturated rings. The number of hydrogen-bond acceptors (Lipinski definition) is 5. The van der Waals surface area contributed by atoms with Crippen LogP contribution in [0.3, 0.4) is 0 Å². The van der Waals surface area contributed by atoms with Crippen LogP contribution in [0, 0.1) is 11.7 Å². The molecule has 1 unspecified atom stereocenters. The first-order chi connectivity index (χ1) is 27.8. The van der Waals surface area contributed by atoms with Crippen LogP contribution in [-0.2, 0) is 42.6 Å². The maximum Gasteiger partial charge on any atom is 0.416 e. The fourth-order valence-electron chi connectivity index (χ4n) is 4.92. The number of hydrogen-bond donors (Lipinski definition) is 0. The zero-order valence-corrected chi connectivity index (χ0v) is 27.0. The molecule has 254 valence electrons. The molecule has 0 saturated heterocycles. The summed E-state index contributed by atoms with van der Waals surface area (Å²) in [6, 6.07) is 7.28. The average Bonchev–Trinajstić information content (AvgIpc) is 3.26. The Bertz CT molecular complexity index is 2340. The Labute approximate surface area is 301 Å². The number of halogens is 4. The van der Waals surface area contributed by atoms with Crippen molar-refractivity contribution in [3.05, 3.63) is 117 Å². The highest BCUT2D eigenvalue weighted by Gasteiger charge is 2.30. The topological polar surface area (TPSA) is 58.4 Å². The van der Waals surface area contributed by atoms with Crippen molar-refractivity contribution in [3.63, 3.8) is 0 Å². The Morgan fingerprint density at radius 3 is 2.25 bits per heavy atom. The molecule has 1 aliphatic rings. The van der Waals surface area contributed by atoms with E-state index in [1.807, 2.05) is 0 Å². The largest absolute Gasteiger partial charge is 0.416 e. The van der Waals surface area contributed by atoms with Crippen molar-refractivity contribution >= 4 is 17.7 Å². The zero-order chi connectivity index (χ0) is 46.0. The van der Waals surface area contributed by atoms with Gasteiger partial charge in [0.25, 0.3) is 5.56 Å². The minimum absolute atomic E-state index is 0.250. The lowest BCUT2D eigenvalue weighted by Gasteiger charge is -2.28. The number of alkyl halides is 3. The number of fused-ring (bicyclic) bond motifs is 1. The van der Waals surface area contributed by atoms with Gasteiger partial charge in [0.1, 0.15) is 12.4 Å². The molecular weight excluding hydrogens is 640 g/mol. The molecule has 0 saturated carbocycles. The third-order valence-electron chi connectivity index (χ3n) is 7.41. The highest BCUT2D eigenvalue weighted by Crippen LogP contribution is 2.32. The van der Waals surface area contributed by atoms with Gasteiger partial charge in [-0.25, -0.2) is 4.39 Å². The number of nitrogens with zero attached hydrogens (tertiary/aromatic N) is 4. The van der Waals surface area contributed by atoms with Crippen LogP contribution < -0.4 is 5.56 Å². The van der Waals surface area contributed by atoms with Crippen LogP contribution in [0.2, 0.25) is 0 Å². The standard InChI is InChI=1S/C37H40F4N4O2S/c1-4-43(5-2)18-19-44(22-26-6-10-28(11-7-26)29-12-14-30(15-13-29)37(39,40)41)34(46)23-45-33-21-25(3)20-32(33)35(47)42-36(45)48-24-27-8-16-31(38)17-9-27/h6-17,25H,4-5,18-24H2,1-3H3/i4D2,5D2,8D,9D,16D,17D,20D2,21D2,25D. The van der Waals surface area contributed by atoms with E-state index in [0.717, 1.165) is 47.3 Å². The van der Waals surface area contributed by atoms with Crippen molar-refractivity contribution in [2.24, 2.45) is 5.89 Å². The second-order valence-electron chi connectivity index (χ2n) is 10.7. The third kappa shape index (κ3) is 8.73. The molecule has 4 aromatic rings. The van der Waals surface area contributed by atoms with Crippen LogP contribution in [0.15, 0.2) is 82.7 Å². The first-order valence-electron chi connectivity index (χ1n) is 21.2. The van der Waals surface area contributed by atoms with E-state index in [2.05, 4.69) is 4.98 Å². The van der Waals surface area contributed by atoms with Gasteiger partial charge in [-0.1, -0.05) is 81.0 Å². The quantitative estimate of drug-likeness (QED) is 0.0827. The minimum Gasteiger partial charge on any atom is -0.336 e. The van der Waals surface area contributed by atoms with Crippen LogP contribution in [0.1, 0.15) is 66.5 Å². The minimum atomic E-state index is -4.54. The number of benzene rings is 3. The monoisotopic (exact) mass is 693 g/mol. The molecular formula is C37H40F4N4O2S. The summed E-state index contributed by atoms with van der Waals surface area (Å²) in [7, 11) is 0. The van der Waals surface area contributed by atoms with Gasteiger partial charge in [0.15, 0.2) is 5.16 Å². The number of thioether (sulfide) groups is 1. The van der Waals surface area contributed by atoms with Gasteiger partial charge in [0.05, 0.1) is 11.0 Å². The Kier molecular flexibility index (Phi) is 7.07. The number of amides is 1.